The number of ether oxygens (including phenoxy) is 2. The lowest BCUT2D eigenvalue weighted by Gasteiger charge is -2.23. The Balaban J connectivity index is 2.85. The van der Waals surface area contributed by atoms with E-state index < -0.39 is 18.1 Å². The highest BCUT2D eigenvalue weighted by Crippen LogP contribution is 2.26. The topological polar surface area (TPSA) is 55.8 Å². The maximum absolute atomic E-state index is 11.5. The number of methoxy groups -OCH3 is 2. The van der Waals surface area contributed by atoms with Gasteiger partial charge in [0.15, 0.2) is 0 Å². The molecule has 5 nitrogen and oxygen atoms in total. The van der Waals surface area contributed by atoms with E-state index in [1.807, 2.05) is 0 Å². The van der Waals surface area contributed by atoms with Gasteiger partial charge in [-0.05, 0) is 6.42 Å². The molecule has 1 aliphatic heterocycles. The van der Waals surface area contributed by atoms with E-state index in [-0.39, 0.29) is 5.92 Å². The lowest BCUT2D eigenvalue weighted by Crippen LogP contribution is -2.43. The Morgan fingerprint density at radius 1 is 1.40 bits per heavy atom. The van der Waals surface area contributed by atoms with E-state index in [9.17, 15) is 9.59 Å². The zero-order valence-corrected chi connectivity index (χ0v) is 8.93. The van der Waals surface area contributed by atoms with Crippen molar-refractivity contribution >= 4 is 12.1 Å². The van der Waals surface area contributed by atoms with Gasteiger partial charge in [0.2, 0.25) is 0 Å². The lowest BCUT2D eigenvalue weighted by molar-refractivity contribution is -0.146. The summed E-state index contributed by atoms with van der Waals surface area (Å²) in [5.74, 6) is -0.487. The number of carbonyl (C=O) groups excluding carboxylic acids is 2. The average molecular weight is 213 g/mol. The molecule has 0 aromatic heterocycles. The molecule has 1 rings (SSSR count). The summed E-state index contributed by atoms with van der Waals surface area (Å²) in [7, 11) is 2.59. The van der Waals surface area contributed by atoms with E-state index >= 15 is 0 Å². The predicted molar refractivity (Wildman–Crippen MR) is 53.2 cm³/mol. The maximum atomic E-state index is 11.5. The van der Waals surface area contributed by atoms with E-state index in [0.717, 1.165) is 0 Å². The fraction of sp³-hybridized carbons (Fsp3) is 0.600. The van der Waals surface area contributed by atoms with Crippen molar-refractivity contribution in [1.29, 1.82) is 0 Å². The van der Waals surface area contributed by atoms with Crippen molar-refractivity contribution < 1.29 is 19.1 Å². The molecule has 5 heteroatoms. The molecular formula is C10H15NO4. The minimum atomic E-state index is -0.597. The first-order chi connectivity index (χ1) is 7.15. The quantitative estimate of drug-likeness (QED) is 0.503. The average Bonchev–Trinajstić information content (AvgIpc) is 2.70. The van der Waals surface area contributed by atoms with Gasteiger partial charge in [0.25, 0.3) is 0 Å². The standard InChI is InChI=1S/C10H15NO4/c1-4-7-5-6-11(10(13)15-3)8(7)9(12)14-2/h4,7-8H,1,5-6H2,2-3H3/t7-,8-/m0/s1. The Hall–Kier alpha value is -1.52. The summed E-state index contributed by atoms with van der Waals surface area (Å²) in [4.78, 5) is 24.2. The molecule has 1 aliphatic rings. The van der Waals surface area contributed by atoms with Crippen molar-refractivity contribution in [2.45, 2.75) is 12.5 Å². The SMILES string of the molecule is C=C[C@H]1CCN(C(=O)OC)[C@@H]1C(=O)OC. The summed E-state index contributed by atoms with van der Waals surface area (Å²) in [6.45, 7) is 4.13. The van der Waals surface area contributed by atoms with Gasteiger partial charge in [-0.25, -0.2) is 9.59 Å². The first kappa shape index (κ1) is 11.6. The first-order valence-electron chi connectivity index (χ1n) is 4.70. The van der Waals surface area contributed by atoms with Crippen LogP contribution in [0.25, 0.3) is 0 Å². The molecule has 0 N–H and O–H groups in total. The summed E-state index contributed by atoms with van der Waals surface area (Å²) < 4.78 is 9.25. The highest BCUT2D eigenvalue weighted by atomic mass is 16.5. The van der Waals surface area contributed by atoms with Gasteiger partial charge in [-0.2, -0.15) is 0 Å². The summed E-state index contributed by atoms with van der Waals surface area (Å²) >= 11 is 0. The molecule has 1 saturated heterocycles. The Morgan fingerprint density at radius 2 is 2.07 bits per heavy atom. The third-order valence-electron chi connectivity index (χ3n) is 2.60. The third kappa shape index (κ3) is 2.11. The molecule has 0 saturated carbocycles. The number of nitrogens with zero attached hydrogens (tertiary/aromatic N) is 1. The molecule has 15 heavy (non-hydrogen) atoms. The van der Waals surface area contributed by atoms with Gasteiger partial charge in [0.05, 0.1) is 14.2 Å². The van der Waals surface area contributed by atoms with Gasteiger partial charge in [0.1, 0.15) is 6.04 Å². The maximum Gasteiger partial charge on any atom is 0.410 e. The zero-order chi connectivity index (χ0) is 11.4. The molecule has 0 aliphatic carbocycles. The molecule has 1 fully saturated rings. The van der Waals surface area contributed by atoms with Crippen LogP contribution in [0, 0.1) is 5.92 Å². The van der Waals surface area contributed by atoms with E-state index in [0.29, 0.717) is 13.0 Å². The molecule has 0 radical (unpaired) electrons. The fourth-order valence-corrected chi connectivity index (χ4v) is 1.81. The second-order valence-electron chi connectivity index (χ2n) is 3.32. The van der Waals surface area contributed by atoms with Crippen molar-refractivity contribution in [3.63, 3.8) is 0 Å². The number of likely N-dealkylation sites (tertiary alicyclic amines) is 1. The summed E-state index contributed by atoms with van der Waals surface area (Å²) in [5, 5.41) is 0. The third-order valence-corrected chi connectivity index (χ3v) is 2.60. The number of amides is 1. The van der Waals surface area contributed by atoms with E-state index in [1.165, 1.54) is 19.1 Å². The van der Waals surface area contributed by atoms with Gasteiger partial charge in [0, 0.05) is 12.5 Å². The number of hydrogen-bond acceptors (Lipinski definition) is 4. The normalized spacial score (nSPS) is 24.8. The predicted octanol–water partition coefficient (Wildman–Crippen LogP) is 0.802. The summed E-state index contributed by atoms with van der Waals surface area (Å²) in [6.07, 6.45) is 1.87. The number of rotatable bonds is 2. The highest BCUT2D eigenvalue weighted by Gasteiger charge is 2.41. The van der Waals surface area contributed by atoms with Crippen LogP contribution in [0.3, 0.4) is 0 Å². The Bertz CT molecular complexity index is 277. The van der Waals surface area contributed by atoms with E-state index in [2.05, 4.69) is 16.1 Å². The number of esters is 1. The minimum absolute atomic E-state index is 0.0588. The van der Waals surface area contributed by atoms with Crippen LogP contribution in [-0.4, -0.2) is 43.8 Å². The van der Waals surface area contributed by atoms with Crippen LogP contribution >= 0.6 is 0 Å². The van der Waals surface area contributed by atoms with Crippen LogP contribution in [0.4, 0.5) is 4.79 Å². The lowest BCUT2D eigenvalue weighted by atomic mass is 10.0. The Morgan fingerprint density at radius 3 is 2.53 bits per heavy atom. The van der Waals surface area contributed by atoms with Crippen molar-refractivity contribution in [3.05, 3.63) is 12.7 Å². The van der Waals surface area contributed by atoms with E-state index in [1.54, 1.807) is 6.08 Å². The van der Waals surface area contributed by atoms with Crippen LogP contribution in [0.2, 0.25) is 0 Å². The van der Waals surface area contributed by atoms with Crippen molar-refractivity contribution in [3.8, 4) is 0 Å². The van der Waals surface area contributed by atoms with Gasteiger partial charge in [-0.1, -0.05) is 6.08 Å². The molecule has 84 valence electrons. The molecule has 0 aromatic carbocycles. The number of carbonyl (C=O) groups is 2. The molecule has 0 spiro atoms. The molecule has 0 aromatic rings. The Labute approximate surface area is 88.6 Å². The number of hydrogen-bond donors (Lipinski definition) is 0. The molecule has 0 unspecified atom stereocenters. The fourth-order valence-electron chi connectivity index (χ4n) is 1.81. The Kier molecular flexibility index (Phi) is 3.71. The zero-order valence-electron chi connectivity index (χ0n) is 8.93. The molecule has 1 heterocycles. The van der Waals surface area contributed by atoms with Crippen molar-refractivity contribution in [2.75, 3.05) is 20.8 Å². The highest BCUT2D eigenvalue weighted by molar-refractivity contribution is 5.82. The summed E-state index contributed by atoms with van der Waals surface area (Å²) in [5.41, 5.74) is 0. The monoisotopic (exact) mass is 213 g/mol. The first-order valence-corrected chi connectivity index (χ1v) is 4.70. The van der Waals surface area contributed by atoms with E-state index in [4.69, 9.17) is 0 Å². The molecule has 2 atom stereocenters. The van der Waals surface area contributed by atoms with Crippen LogP contribution < -0.4 is 0 Å². The molecule has 1 amide bonds. The molecule has 0 bridgehead atoms. The minimum Gasteiger partial charge on any atom is -0.467 e. The second kappa shape index (κ2) is 4.82. The van der Waals surface area contributed by atoms with Gasteiger partial charge in [-0.3, -0.25) is 4.90 Å². The van der Waals surface area contributed by atoms with Gasteiger partial charge in [-0.15, -0.1) is 6.58 Å². The second-order valence-corrected chi connectivity index (χ2v) is 3.32. The largest absolute Gasteiger partial charge is 0.467 e. The van der Waals surface area contributed by atoms with Gasteiger partial charge >= 0.3 is 12.1 Å². The van der Waals surface area contributed by atoms with Crippen LogP contribution in [0.15, 0.2) is 12.7 Å². The van der Waals surface area contributed by atoms with Crippen LogP contribution in [0.5, 0.6) is 0 Å². The van der Waals surface area contributed by atoms with Gasteiger partial charge < -0.3 is 9.47 Å². The smallest absolute Gasteiger partial charge is 0.410 e. The summed E-state index contributed by atoms with van der Waals surface area (Å²) in [6, 6.07) is -0.597. The molecular weight excluding hydrogens is 198 g/mol. The van der Waals surface area contributed by atoms with Crippen molar-refractivity contribution in [1.82, 2.24) is 4.90 Å². The van der Waals surface area contributed by atoms with Crippen molar-refractivity contribution in [2.24, 2.45) is 5.92 Å². The van der Waals surface area contributed by atoms with Crippen LogP contribution in [0.1, 0.15) is 6.42 Å². The van der Waals surface area contributed by atoms with Crippen LogP contribution in [-0.2, 0) is 14.3 Å².